The predicted octanol–water partition coefficient (Wildman–Crippen LogP) is 17.3. The number of carbonyl (C=O) groups excluding carboxylic acids is 2. The van der Waals surface area contributed by atoms with Gasteiger partial charge < -0.3 is 49.5 Å². The molecule has 4 heterocycles. The maximum Gasteiger partial charge on any atom is 0.338 e. The number of nitrogens with two attached hydrogens (primary N) is 4. The highest BCUT2D eigenvalue weighted by Crippen LogP contribution is 2.50. The number of carboxylic acids is 2. The average molecular weight is 1520 g/mol. The molecule has 4 aliphatic heterocycles. The minimum Gasteiger partial charge on any atom is -0.478 e. The van der Waals surface area contributed by atoms with Crippen LogP contribution in [0.1, 0.15) is 150 Å². The van der Waals surface area contributed by atoms with Gasteiger partial charge in [-0.25, -0.2) is 19.2 Å². The van der Waals surface area contributed by atoms with Crippen LogP contribution in [-0.4, -0.2) is 47.8 Å². The van der Waals surface area contributed by atoms with E-state index in [1.54, 1.807) is 72.8 Å². The first kappa shape index (κ1) is 78.5. The topological polar surface area (TPSA) is 275 Å². The molecule has 0 aromatic heterocycles. The van der Waals surface area contributed by atoms with Crippen LogP contribution in [0, 0.1) is 18.8 Å². The molecule has 8 aliphatic rings. The van der Waals surface area contributed by atoms with Crippen molar-refractivity contribution in [1.82, 2.24) is 0 Å². The number of carboxylic acid groups (broad SMARTS) is 2. The number of rotatable bonds is 15. The van der Waals surface area contributed by atoms with Crippen LogP contribution in [-0.2, 0) is 20.6 Å². The first-order valence-electron chi connectivity index (χ1n) is 38.5. The molecular weight excluding hydrogens is 1430 g/mol. The first-order chi connectivity index (χ1) is 55.1. The van der Waals surface area contributed by atoms with E-state index in [9.17, 15) is 29.4 Å². The molecule has 0 spiro atoms. The van der Waals surface area contributed by atoms with Crippen molar-refractivity contribution in [3.8, 4) is 56.4 Å². The van der Waals surface area contributed by atoms with Crippen molar-refractivity contribution in [2.45, 2.75) is 93.9 Å². The van der Waals surface area contributed by atoms with E-state index >= 15 is 0 Å². The highest BCUT2D eigenvalue weighted by atomic mass is 16.5. The summed E-state index contributed by atoms with van der Waals surface area (Å²) in [6.45, 7) is 17.3. The van der Waals surface area contributed by atoms with Crippen LogP contribution in [0.3, 0.4) is 0 Å². The van der Waals surface area contributed by atoms with Gasteiger partial charge in [0.2, 0.25) is 0 Å². The average Bonchev–Trinajstić information content (AvgIpc) is 0.717. The molecule has 0 amide bonds. The van der Waals surface area contributed by atoms with Crippen molar-refractivity contribution in [1.29, 1.82) is 0 Å². The molecule has 16 rings (SSSR count). The summed E-state index contributed by atoms with van der Waals surface area (Å²) in [5.74, 6) is 2.32. The zero-order chi connectivity index (χ0) is 80.6. The standard InChI is InChI=1S/C30H34O3.C27H26O3.C21H16N2O3.C20H14N2O3/c1-6-11-21-17-27-25(15-19(21)4)29(23-13-9-10-14-24(23)30(31)32-8-3)26-16-20(5)22(12-7-2)18-28(26)33-27;1-4-8-18-12-13-22-24(15-18)30-25-16-19(9-5-2)17(3)14-23(25)26(22)20-10-6-7-11-21(20)27(28)29;1-25-21(24)15-5-3-2-4-14(15)20-16-8-6-12(22)10-18(16)26-19-11-13(23)7-9-17(19)20;21-11-5-7-15-17(9-11)25-18-10-12(22)6-8-16(18)19(15)13-3-1-2-4-14(13)20(23)24/h9-11,13-18,22,25H,6-8,12H2,1-5H3;6-7,9-16H,4-5,8H2,1-3H3,(H,28,29);2-11,22H,23H2,1H3;1-10,21H,22H2,(H,23,24)/p+2/b21-11-;19-9-;;. The zero-order valence-electron chi connectivity index (χ0n) is 65.4. The smallest absolute Gasteiger partial charge is 0.338 e. The van der Waals surface area contributed by atoms with Gasteiger partial charge >= 0.3 is 23.9 Å². The summed E-state index contributed by atoms with van der Waals surface area (Å²) in [5.41, 5.74) is 32.3. The third-order valence-electron chi connectivity index (χ3n) is 20.7. The summed E-state index contributed by atoms with van der Waals surface area (Å²) in [6, 6.07) is 61.4. The Kier molecular flexibility index (Phi) is 23.7. The number of fused-ring (bicyclic) bond motifs is 8. The summed E-state index contributed by atoms with van der Waals surface area (Å²) in [6.07, 6.45) is 19.6. The number of hydrogen-bond acceptors (Lipinski definition) is 12. The molecule has 574 valence electrons. The fourth-order valence-electron chi connectivity index (χ4n) is 15.5. The predicted molar refractivity (Wildman–Crippen MR) is 449 cm³/mol. The molecule has 16 nitrogen and oxygen atoms in total. The Morgan fingerprint density at radius 2 is 1.07 bits per heavy atom. The number of aryl methyl sites for hydroxylation is 2. The van der Waals surface area contributed by atoms with E-state index in [0.29, 0.717) is 85.1 Å². The van der Waals surface area contributed by atoms with Crippen LogP contribution in [0.2, 0.25) is 0 Å². The fraction of sp³-hybridized carbons (Fsp3) is 0.184. The zero-order valence-corrected chi connectivity index (χ0v) is 65.4. The number of anilines is 2. The molecule has 8 aromatic rings. The van der Waals surface area contributed by atoms with Crippen LogP contribution < -0.4 is 48.2 Å². The van der Waals surface area contributed by atoms with Gasteiger partial charge in [0.1, 0.15) is 45.7 Å². The van der Waals surface area contributed by atoms with Crippen LogP contribution >= 0.6 is 0 Å². The van der Waals surface area contributed by atoms with Crippen LogP contribution in [0.15, 0.2) is 273 Å². The maximum absolute atomic E-state index is 12.9. The Hall–Kier alpha value is -13.6. The SMILES string of the molecule is CC/C=C1/C=C2OC3=CC(CCC)C(C)=CC3=C(c3ccccc3C(=O)OCC)C2C=C1C.CC/C=c1/cc2c(cc1C)=C(c1ccccc1C(=O)O)c1ccc(CCC)cc1O2.COC(=O)c1ccccc1-c1c2ccc(=[NH2+])cc-2oc2cc(N)ccc12.Nc1ccc2c(-c3ccccc3C(=O)O)c3ccc(=[NH2+])cc-3oc2c1. The van der Waals surface area contributed by atoms with Gasteiger partial charge in [0, 0.05) is 96.5 Å². The lowest BCUT2D eigenvalue weighted by Gasteiger charge is -2.36. The van der Waals surface area contributed by atoms with Crippen LogP contribution in [0.25, 0.3) is 84.1 Å². The minimum atomic E-state index is -0.983. The molecule has 16 heteroatoms. The monoisotopic (exact) mass is 1520 g/mol. The van der Waals surface area contributed by atoms with E-state index in [-0.39, 0.29) is 17.5 Å². The number of aromatic carboxylic acids is 2. The minimum absolute atomic E-state index is 0.0477. The van der Waals surface area contributed by atoms with Crippen LogP contribution in [0.5, 0.6) is 11.5 Å². The molecule has 4 aliphatic carbocycles. The summed E-state index contributed by atoms with van der Waals surface area (Å²) in [7, 11) is 1.37. The van der Waals surface area contributed by atoms with Crippen molar-refractivity contribution in [3.63, 3.8) is 0 Å². The highest BCUT2D eigenvalue weighted by molar-refractivity contribution is 6.10. The number of ether oxygens (including phenoxy) is 4. The molecule has 0 radical (unpaired) electrons. The molecule has 0 saturated carbocycles. The van der Waals surface area contributed by atoms with Crippen molar-refractivity contribution >= 4 is 74.4 Å². The number of carbonyl (C=O) groups is 4. The first-order valence-corrected chi connectivity index (χ1v) is 38.5. The van der Waals surface area contributed by atoms with E-state index in [2.05, 4.69) is 115 Å². The van der Waals surface area contributed by atoms with Gasteiger partial charge in [-0.05, 0) is 200 Å². The van der Waals surface area contributed by atoms with E-state index in [0.717, 1.165) is 144 Å². The van der Waals surface area contributed by atoms with Gasteiger partial charge in [-0.3, -0.25) is 10.8 Å². The number of allylic oxidation sites excluding steroid dienone is 8. The number of benzene rings is 10. The molecule has 114 heavy (non-hydrogen) atoms. The molecule has 2 unspecified atom stereocenters. The normalized spacial score (nSPS) is 15.0. The second kappa shape index (κ2) is 34.3. The molecule has 0 fully saturated rings. The Bertz CT molecular complexity index is 6240. The van der Waals surface area contributed by atoms with E-state index < -0.39 is 17.9 Å². The van der Waals surface area contributed by atoms with E-state index in [4.69, 9.17) is 50.1 Å². The summed E-state index contributed by atoms with van der Waals surface area (Å²) >= 11 is 0. The lowest BCUT2D eigenvalue weighted by Crippen LogP contribution is -2.44. The number of nitrogen functional groups attached to an aromatic ring is 2. The highest BCUT2D eigenvalue weighted by Gasteiger charge is 2.37. The van der Waals surface area contributed by atoms with Gasteiger partial charge in [0.05, 0.1) is 54.0 Å². The number of methoxy groups -OCH3 is 1. The van der Waals surface area contributed by atoms with Crippen molar-refractivity contribution in [3.05, 3.63) is 336 Å². The third-order valence-corrected chi connectivity index (χ3v) is 20.7. The van der Waals surface area contributed by atoms with Crippen molar-refractivity contribution in [2.75, 3.05) is 25.2 Å². The Labute approximate surface area is 661 Å². The van der Waals surface area contributed by atoms with Gasteiger partial charge in [-0.2, -0.15) is 0 Å². The quantitative estimate of drug-likeness (QED) is 0.0316. The molecule has 10 N–H and O–H groups in total. The van der Waals surface area contributed by atoms with Crippen molar-refractivity contribution < 1.29 is 68.0 Å². The van der Waals surface area contributed by atoms with Crippen molar-refractivity contribution in [2.24, 2.45) is 11.8 Å². The largest absolute Gasteiger partial charge is 0.478 e. The molecule has 8 aromatic carbocycles. The fourth-order valence-corrected chi connectivity index (χ4v) is 15.5. The Morgan fingerprint density at radius 3 is 1.63 bits per heavy atom. The van der Waals surface area contributed by atoms with E-state index in [1.807, 2.05) is 104 Å². The lowest BCUT2D eigenvalue weighted by atomic mass is 9.75. The molecule has 0 saturated heterocycles. The third kappa shape index (κ3) is 16.2. The van der Waals surface area contributed by atoms with Gasteiger partial charge in [0.25, 0.3) is 0 Å². The number of esters is 2. The summed E-state index contributed by atoms with van der Waals surface area (Å²) in [5, 5.41) is 36.1. The Balaban J connectivity index is 0.000000133. The Morgan fingerprint density at radius 1 is 0.526 bits per heavy atom. The van der Waals surface area contributed by atoms with Crippen LogP contribution in [0.4, 0.5) is 11.4 Å². The number of hydrogen-bond donors (Lipinski definition) is 6. The summed E-state index contributed by atoms with van der Waals surface area (Å²) < 4.78 is 35.3. The van der Waals surface area contributed by atoms with Gasteiger partial charge in [0.15, 0.2) is 10.7 Å². The molecule has 2 atom stereocenters. The maximum atomic E-state index is 12.9. The molecular formula is C98H92N4O12+2. The second-order valence-corrected chi connectivity index (χ2v) is 28.5. The van der Waals surface area contributed by atoms with Gasteiger partial charge in [-0.15, -0.1) is 0 Å². The van der Waals surface area contributed by atoms with Gasteiger partial charge in [-0.1, -0.05) is 155 Å². The summed E-state index contributed by atoms with van der Waals surface area (Å²) in [4.78, 5) is 48.9. The van der Waals surface area contributed by atoms with E-state index in [1.165, 1.54) is 29.4 Å². The molecule has 0 bridgehead atoms. The lowest BCUT2D eigenvalue weighted by molar-refractivity contribution is -0.173. The second-order valence-electron chi connectivity index (χ2n) is 28.5.